The van der Waals surface area contributed by atoms with Gasteiger partial charge in [0.15, 0.2) is 0 Å². The second kappa shape index (κ2) is 6.43. The highest BCUT2D eigenvalue weighted by Gasteiger charge is 2.37. The summed E-state index contributed by atoms with van der Waals surface area (Å²) in [6.07, 6.45) is 0. The van der Waals surface area contributed by atoms with Crippen LogP contribution in [0, 0.1) is 5.41 Å². The van der Waals surface area contributed by atoms with E-state index < -0.39 is 0 Å². The molecule has 90 valence electrons. The molecule has 0 saturated carbocycles. The molecule has 1 fully saturated rings. The molecular weight excluding hydrogens is 192 g/mol. The molecule has 1 aliphatic heterocycles. The van der Waals surface area contributed by atoms with Crippen molar-refractivity contribution in [3.05, 3.63) is 0 Å². The van der Waals surface area contributed by atoms with Crippen molar-refractivity contribution in [2.45, 2.75) is 6.92 Å². The minimum absolute atomic E-state index is 0.446. The highest BCUT2D eigenvalue weighted by atomic mass is 16.5. The summed E-state index contributed by atoms with van der Waals surface area (Å²) < 4.78 is 10.0. The molecule has 1 N–H and O–H groups in total. The third-order valence-corrected chi connectivity index (χ3v) is 2.86. The molecule has 1 saturated heterocycles. The summed E-state index contributed by atoms with van der Waals surface area (Å²) in [5, 5.41) is 3.42. The maximum Gasteiger partial charge on any atom is 0.0589 e. The zero-order valence-corrected chi connectivity index (χ0v) is 10.2. The van der Waals surface area contributed by atoms with Gasteiger partial charge in [-0.1, -0.05) is 6.92 Å². The van der Waals surface area contributed by atoms with E-state index >= 15 is 0 Å². The van der Waals surface area contributed by atoms with Gasteiger partial charge in [-0.25, -0.2) is 0 Å². The van der Waals surface area contributed by atoms with Crippen LogP contribution in [0.1, 0.15) is 6.92 Å². The van der Waals surface area contributed by atoms with Gasteiger partial charge in [0.2, 0.25) is 0 Å². The number of likely N-dealkylation sites (tertiary alicyclic amines) is 1. The van der Waals surface area contributed by atoms with Gasteiger partial charge in [-0.15, -0.1) is 0 Å². The number of nitrogens with one attached hydrogen (secondary N) is 1. The van der Waals surface area contributed by atoms with E-state index in [-0.39, 0.29) is 0 Å². The Bertz CT molecular complexity index is 164. The van der Waals surface area contributed by atoms with E-state index in [1.54, 1.807) is 14.2 Å². The maximum atomic E-state index is 5.06. The molecule has 4 heteroatoms. The van der Waals surface area contributed by atoms with E-state index in [0.717, 1.165) is 32.8 Å². The van der Waals surface area contributed by atoms with Gasteiger partial charge >= 0.3 is 0 Å². The Morgan fingerprint density at radius 2 is 1.87 bits per heavy atom. The van der Waals surface area contributed by atoms with E-state index in [1.165, 1.54) is 13.1 Å². The smallest absolute Gasteiger partial charge is 0.0589 e. The van der Waals surface area contributed by atoms with Crippen LogP contribution in [0.15, 0.2) is 0 Å². The van der Waals surface area contributed by atoms with E-state index in [9.17, 15) is 0 Å². The summed E-state index contributed by atoms with van der Waals surface area (Å²) >= 11 is 0. The summed E-state index contributed by atoms with van der Waals surface area (Å²) in [5.41, 5.74) is 0.446. The van der Waals surface area contributed by atoms with Crippen LogP contribution in [-0.4, -0.2) is 65.1 Å². The van der Waals surface area contributed by atoms with E-state index in [4.69, 9.17) is 9.47 Å². The Morgan fingerprint density at radius 3 is 2.47 bits per heavy atom. The lowest BCUT2D eigenvalue weighted by Gasteiger charge is -2.48. The molecule has 1 aliphatic rings. The summed E-state index contributed by atoms with van der Waals surface area (Å²) in [7, 11) is 3.49. The molecule has 1 rings (SSSR count). The molecule has 0 aliphatic carbocycles. The van der Waals surface area contributed by atoms with Crippen molar-refractivity contribution >= 4 is 0 Å². The van der Waals surface area contributed by atoms with Crippen LogP contribution in [-0.2, 0) is 9.47 Å². The van der Waals surface area contributed by atoms with Crippen molar-refractivity contribution in [2.24, 2.45) is 5.41 Å². The molecule has 0 radical (unpaired) electrons. The van der Waals surface area contributed by atoms with Crippen LogP contribution >= 0.6 is 0 Å². The number of hydrogen-bond donors (Lipinski definition) is 1. The summed E-state index contributed by atoms with van der Waals surface area (Å²) in [6.45, 7) is 9.41. The van der Waals surface area contributed by atoms with Crippen molar-refractivity contribution in [1.29, 1.82) is 0 Å². The topological polar surface area (TPSA) is 33.7 Å². The van der Waals surface area contributed by atoms with Gasteiger partial charge in [-0.05, 0) is 0 Å². The lowest BCUT2D eigenvalue weighted by atomic mass is 9.82. The van der Waals surface area contributed by atoms with Crippen molar-refractivity contribution < 1.29 is 9.47 Å². The highest BCUT2D eigenvalue weighted by Crippen LogP contribution is 2.28. The molecule has 0 amide bonds. The zero-order valence-electron chi connectivity index (χ0n) is 10.2. The molecule has 0 bridgehead atoms. The van der Waals surface area contributed by atoms with Gasteiger partial charge in [0.1, 0.15) is 0 Å². The molecule has 1 heterocycles. The Morgan fingerprint density at radius 1 is 1.20 bits per heavy atom. The number of methoxy groups -OCH3 is 2. The number of hydrogen-bond acceptors (Lipinski definition) is 4. The monoisotopic (exact) mass is 216 g/mol. The molecule has 0 aromatic heterocycles. The number of ether oxygens (including phenoxy) is 2. The van der Waals surface area contributed by atoms with E-state index in [0.29, 0.717) is 5.41 Å². The first-order chi connectivity index (χ1) is 7.20. The standard InChI is InChI=1S/C11H24N2O2/c1-11(8-12-4-6-14-2)9-13(10-11)5-7-15-3/h12H,4-10H2,1-3H3. The lowest BCUT2D eigenvalue weighted by Crippen LogP contribution is -2.59. The highest BCUT2D eigenvalue weighted by molar-refractivity contribution is 4.92. The second-order valence-electron chi connectivity index (χ2n) is 4.68. The van der Waals surface area contributed by atoms with Gasteiger partial charge < -0.3 is 14.8 Å². The molecule has 0 unspecified atom stereocenters. The first kappa shape index (κ1) is 12.9. The number of rotatable bonds is 8. The second-order valence-corrected chi connectivity index (χ2v) is 4.68. The van der Waals surface area contributed by atoms with Crippen LogP contribution in [0.5, 0.6) is 0 Å². The fraction of sp³-hybridized carbons (Fsp3) is 1.00. The fourth-order valence-electron chi connectivity index (χ4n) is 2.09. The van der Waals surface area contributed by atoms with E-state index in [1.807, 2.05) is 0 Å². The van der Waals surface area contributed by atoms with Gasteiger partial charge in [0.25, 0.3) is 0 Å². The molecule has 0 aromatic rings. The molecule has 4 nitrogen and oxygen atoms in total. The van der Waals surface area contributed by atoms with Crippen LogP contribution < -0.4 is 5.32 Å². The van der Waals surface area contributed by atoms with Crippen molar-refractivity contribution in [2.75, 3.05) is 60.2 Å². The molecule has 0 aromatic carbocycles. The van der Waals surface area contributed by atoms with Crippen LogP contribution in [0.3, 0.4) is 0 Å². The SMILES string of the molecule is COCCNCC1(C)CN(CCOC)C1. The normalized spacial score (nSPS) is 20.2. The molecule has 0 atom stereocenters. The quantitative estimate of drug-likeness (QED) is 0.587. The summed E-state index contributed by atoms with van der Waals surface area (Å²) in [4.78, 5) is 2.43. The van der Waals surface area contributed by atoms with Gasteiger partial charge in [0, 0.05) is 52.4 Å². The number of nitrogens with zero attached hydrogens (tertiary/aromatic N) is 1. The fourth-order valence-corrected chi connectivity index (χ4v) is 2.09. The predicted octanol–water partition coefficient (Wildman–Crippen LogP) is 0.191. The van der Waals surface area contributed by atoms with Gasteiger partial charge in [-0.3, -0.25) is 4.90 Å². The average Bonchev–Trinajstić information content (AvgIpc) is 2.18. The Labute approximate surface area is 92.9 Å². The minimum Gasteiger partial charge on any atom is -0.383 e. The third kappa shape index (κ3) is 4.47. The lowest BCUT2D eigenvalue weighted by molar-refractivity contribution is -0.000749. The average molecular weight is 216 g/mol. The first-order valence-corrected chi connectivity index (χ1v) is 5.61. The Hall–Kier alpha value is -0.160. The van der Waals surface area contributed by atoms with Crippen molar-refractivity contribution in [3.63, 3.8) is 0 Å². The van der Waals surface area contributed by atoms with Crippen LogP contribution in [0.25, 0.3) is 0 Å². The summed E-state index contributed by atoms with van der Waals surface area (Å²) in [5.74, 6) is 0. The van der Waals surface area contributed by atoms with Gasteiger partial charge in [-0.2, -0.15) is 0 Å². The first-order valence-electron chi connectivity index (χ1n) is 5.61. The summed E-state index contributed by atoms with van der Waals surface area (Å²) in [6, 6.07) is 0. The Kier molecular flexibility index (Phi) is 5.53. The van der Waals surface area contributed by atoms with E-state index in [2.05, 4.69) is 17.1 Å². The van der Waals surface area contributed by atoms with Crippen molar-refractivity contribution in [3.8, 4) is 0 Å². The minimum atomic E-state index is 0.446. The largest absolute Gasteiger partial charge is 0.383 e. The molecular formula is C11H24N2O2. The maximum absolute atomic E-state index is 5.06. The van der Waals surface area contributed by atoms with Crippen LogP contribution in [0.4, 0.5) is 0 Å². The van der Waals surface area contributed by atoms with Crippen molar-refractivity contribution in [1.82, 2.24) is 10.2 Å². The predicted molar refractivity (Wildman–Crippen MR) is 61.2 cm³/mol. The van der Waals surface area contributed by atoms with Gasteiger partial charge in [0.05, 0.1) is 13.2 Å². The Balaban J connectivity index is 2.01. The molecule has 0 spiro atoms. The molecule has 15 heavy (non-hydrogen) atoms. The third-order valence-electron chi connectivity index (χ3n) is 2.86. The van der Waals surface area contributed by atoms with Crippen LogP contribution in [0.2, 0.25) is 0 Å². The zero-order chi connectivity index (χ0) is 11.1.